The van der Waals surface area contributed by atoms with Crippen molar-refractivity contribution in [3.05, 3.63) is 53.4 Å². The molecule has 0 spiro atoms. The van der Waals surface area contributed by atoms with Crippen molar-refractivity contribution in [3.8, 4) is 0 Å². The van der Waals surface area contributed by atoms with Crippen molar-refractivity contribution in [1.29, 1.82) is 0 Å². The number of fused-ring (bicyclic) bond motifs is 1. The van der Waals surface area contributed by atoms with Crippen LogP contribution in [0, 0.1) is 0 Å². The van der Waals surface area contributed by atoms with Crippen LogP contribution in [0.15, 0.2) is 47.8 Å². The number of carboxylic acids is 1. The molecule has 1 N–H and O–H groups in total. The van der Waals surface area contributed by atoms with Crippen LogP contribution in [-0.2, 0) is 4.79 Å². The summed E-state index contributed by atoms with van der Waals surface area (Å²) in [5.41, 5.74) is 0.854. The van der Waals surface area contributed by atoms with Gasteiger partial charge in [-0.3, -0.25) is 9.78 Å². The largest absolute Gasteiger partial charge is 0.480 e. The Balaban J connectivity index is 2.22. The molecule has 2 heterocycles. The number of hydrogen-bond donors (Lipinski definition) is 1. The van der Waals surface area contributed by atoms with E-state index in [4.69, 9.17) is 0 Å². The van der Waals surface area contributed by atoms with Crippen molar-refractivity contribution >= 4 is 33.4 Å². The molecular formula is C16H14N4O3S. The van der Waals surface area contributed by atoms with Gasteiger partial charge in [0.2, 0.25) is 0 Å². The number of thiazole rings is 1. The lowest BCUT2D eigenvalue weighted by molar-refractivity contribution is -0.140. The summed E-state index contributed by atoms with van der Waals surface area (Å²) in [7, 11) is 0. The molecule has 0 saturated carbocycles. The average molecular weight is 342 g/mol. The third kappa shape index (κ3) is 2.95. The van der Waals surface area contributed by atoms with E-state index in [0.29, 0.717) is 11.2 Å². The molecule has 1 aromatic carbocycles. The van der Waals surface area contributed by atoms with Gasteiger partial charge < -0.3 is 9.67 Å². The highest BCUT2D eigenvalue weighted by Crippen LogP contribution is 2.22. The fourth-order valence-corrected chi connectivity index (χ4v) is 3.46. The number of hydrogen-bond acceptors (Lipinski definition) is 5. The summed E-state index contributed by atoms with van der Waals surface area (Å²) < 4.78 is 2.46. The van der Waals surface area contributed by atoms with Gasteiger partial charge >= 0.3 is 5.97 Å². The maximum Gasteiger partial charge on any atom is 0.326 e. The van der Waals surface area contributed by atoms with E-state index in [1.54, 1.807) is 11.5 Å². The minimum Gasteiger partial charge on any atom is -0.480 e. The number of benzene rings is 1. The molecule has 122 valence electrons. The predicted molar refractivity (Wildman–Crippen MR) is 88.7 cm³/mol. The van der Waals surface area contributed by atoms with E-state index in [1.165, 1.54) is 29.9 Å². The minimum atomic E-state index is -0.963. The zero-order valence-electron chi connectivity index (χ0n) is 12.8. The molecule has 1 amide bonds. The van der Waals surface area contributed by atoms with Crippen molar-refractivity contribution in [2.24, 2.45) is 4.99 Å². The zero-order chi connectivity index (χ0) is 17.1. The van der Waals surface area contributed by atoms with E-state index in [1.807, 2.05) is 24.3 Å². The third-order valence-corrected chi connectivity index (χ3v) is 4.53. The Hall–Kier alpha value is -2.87. The quantitative estimate of drug-likeness (QED) is 0.784. The monoisotopic (exact) mass is 342 g/mol. The molecule has 8 heteroatoms. The van der Waals surface area contributed by atoms with Crippen molar-refractivity contribution in [2.45, 2.75) is 19.4 Å². The van der Waals surface area contributed by atoms with Gasteiger partial charge in [-0.2, -0.15) is 4.99 Å². The van der Waals surface area contributed by atoms with Crippen LogP contribution in [0.3, 0.4) is 0 Å². The second-order valence-corrected chi connectivity index (χ2v) is 6.00. The molecule has 2 aromatic heterocycles. The molecule has 0 radical (unpaired) electrons. The molecule has 3 aromatic rings. The SMILES string of the molecule is CCC(C(=O)O)n1/c(=N\C(=O)c2cnccn2)sc2ccccc21. The maximum atomic E-state index is 12.3. The summed E-state index contributed by atoms with van der Waals surface area (Å²) in [6.45, 7) is 1.78. The molecule has 24 heavy (non-hydrogen) atoms. The third-order valence-electron chi connectivity index (χ3n) is 3.50. The Morgan fingerprint density at radius 3 is 2.79 bits per heavy atom. The van der Waals surface area contributed by atoms with Gasteiger partial charge in [0, 0.05) is 12.4 Å². The Kier molecular flexibility index (Phi) is 4.48. The number of carboxylic acid groups (broad SMARTS) is 1. The van der Waals surface area contributed by atoms with Gasteiger partial charge in [-0.1, -0.05) is 30.4 Å². The molecule has 1 unspecified atom stereocenters. The van der Waals surface area contributed by atoms with E-state index in [-0.39, 0.29) is 5.69 Å². The number of carbonyl (C=O) groups is 2. The molecule has 1 atom stereocenters. The second-order valence-electron chi connectivity index (χ2n) is 4.99. The highest BCUT2D eigenvalue weighted by atomic mass is 32.1. The highest BCUT2D eigenvalue weighted by molar-refractivity contribution is 7.16. The molecular weight excluding hydrogens is 328 g/mol. The Bertz CT molecular complexity index is 962. The molecule has 0 aliphatic rings. The first-order valence-electron chi connectivity index (χ1n) is 7.29. The molecule has 0 bridgehead atoms. The average Bonchev–Trinajstić information content (AvgIpc) is 2.94. The van der Waals surface area contributed by atoms with Gasteiger partial charge in [0.05, 0.1) is 16.4 Å². The van der Waals surface area contributed by atoms with Crippen LogP contribution in [0.4, 0.5) is 0 Å². The van der Waals surface area contributed by atoms with E-state index in [2.05, 4.69) is 15.0 Å². The van der Waals surface area contributed by atoms with Crippen LogP contribution >= 0.6 is 11.3 Å². The fraction of sp³-hybridized carbons (Fsp3) is 0.188. The second kappa shape index (κ2) is 6.71. The number of aromatic nitrogens is 3. The molecule has 0 saturated heterocycles. The van der Waals surface area contributed by atoms with Crippen molar-refractivity contribution in [3.63, 3.8) is 0 Å². The normalized spacial score (nSPS) is 13.1. The minimum absolute atomic E-state index is 0.116. The van der Waals surface area contributed by atoms with Gasteiger partial charge in [-0.15, -0.1) is 0 Å². The van der Waals surface area contributed by atoms with Crippen LogP contribution < -0.4 is 4.80 Å². The van der Waals surface area contributed by atoms with Crippen LogP contribution in [0.5, 0.6) is 0 Å². The fourth-order valence-electron chi connectivity index (χ4n) is 2.39. The Morgan fingerprint density at radius 1 is 1.33 bits per heavy atom. The lowest BCUT2D eigenvalue weighted by Crippen LogP contribution is -2.27. The van der Waals surface area contributed by atoms with Gasteiger partial charge in [-0.25, -0.2) is 9.78 Å². The van der Waals surface area contributed by atoms with Crippen molar-refractivity contribution in [1.82, 2.24) is 14.5 Å². The lowest BCUT2D eigenvalue weighted by Gasteiger charge is -2.13. The Morgan fingerprint density at radius 2 is 2.12 bits per heavy atom. The van der Waals surface area contributed by atoms with Crippen LogP contribution in [0.25, 0.3) is 10.2 Å². The van der Waals surface area contributed by atoms with E-state index in [0.717, 1.165) is 10.2 Å². The van der Waals surface area contributed by atoms with Gasteiger partial charge in [0.15, 0.2) is 4.80 Å². The number of para-hydroxylation sites is 1. The first-order chi connectivity index (χ1) is 11.6. The first kappa shape index (κ1) is 16.0. The molecule has 3 rings (SSSR count). The lowest BCUT2D eigenvalue weighted by atomic mass is 10.2. The smallest absolute Gasteiger partial charge is 0.326 e. The summed E-state index contributed by atoms with van der Waals surface area (Å²) in [5, 5.41) is 9.51. The zero-order valence-corrected chi connectivity index (χ0v) is 13.6. The van der Waals surface area contributed by atoms with E-state index < -0.39 is 17.9 Å². The first-order valence-corrected chi connectivity index (χ1v) is 8.11. The van der Waals surface area contributed by atoms with Gasteiger partial charge in [0.25, 0.3) is 5.91 Å². The molecule has 7 nitrogen and oxygen atoms in total. The molecule has 0 aliphatic carbocycles. The van der Waals surface area contributed by atoms with Crippen molar-refractivity contribution in [2.75, 3.05) is 0 Å². The summed E-state index contributed by atoms with van der Waals surface area (Å²) >= 11 is 1.27. The number of nitrogens with zero attached hydrogens (tertiary/aromatic N) is 4. The maximum absolute atomic E-state index is 12.3. The van der Waals surface area contributed by atoms with Gasteiger partial charge in [-0.05, 0) is 18.6 Å². The van der Waals surface area contributed by atoms with Gasteiger partial charge in [0.1, 0.15) is 11.7 Å². The van der Waals surface area contributed by atoms with E-state index in [9.17, 15) is 14.7 Å². The predicted octanol–water partition coefficient (Wildman–Crippen LogP) is 2.27. The number of aliphatic carboxylic acids is 1. The molecule has 0 aliphatic heterocycles. The van der Waals surface area contributed by atoms with Crippen LogP contribution in [0.1, 0.15) is 29.9 Å². The van der Waals surface area contributed by atoms with Crippen molar-refractivity contribution < 1.29 is 14.7 Å². The summed E-state index contributed by atoms with van der Waals surface area (Å²) in [6.07, 6.45) is 4.59. The number of carbonyl (C=O) groups excluding carboxylic acids is 1. The number of rotatable bonds is 4. The van der Waals surface area contributed by atoms with Crippen LogP contribution in [0.2, 0.25) is 0 Å². The van der Waals surface area contributed by atoms with Crippen LogP contribution in [-0.4, -0.2) is 31.5 Å². The van der Waals surface area contributed by atoms with E-state index >= 15 is 0 Å². The summed E-state index contributed by atoms with van der Waals surface area (Å²) in [6, 6.07) is 6.59. The summed E-state index contributed by atoms with van der Waals surface area (Å²) in [4.78, 5) is 36.1. The summed E-state index contributed by atoms with van der Waals surface area (Å²) in [5.74, 6) is -1.52. The topological polar surface area (TPSA) is 97.4 Å². The number of amides is 1. The highest BCUT2D eigenvalue weighted by Gasteiger charge is 2.22. The molecule has 0 fully saturated rings. The standard InChI is InChI=1S/C16H14N4O3S/c1-2-11(15(22)23)20-12-5-3-4-6-13(12)24-16(20)19-14(21)10-9-17-7-8-18-10/h3-9,11H,2H2,1H3,(H,22,23)/b19-16+. The Labute approximate surface area is 141 Å².